The number of ether oxygens (including phenoxy) is 1. The van der Waals surface area contributed by atoms with Crippen LogP contribution < -0.4 is 13.8 Å². The van der Waals surface area contributed by atoms with Crippen molar-refractivity contribution in [2.45, 2.75) is 4.90 Å². The van der Waals surface area contributed by atoms with Crippen LogP contribution >= 0.6 is 24.0 Å². The fourth-order valence-corrected chi connectivity index (χ4v) is 5.48. The number of carboxylic acids is 1. The molecule has 0 aliphatic carbocycles. The van der Waals surface area contributed by atoms with Crippen molar-refractivity contribution in [3.63, 3.8) is 0 Å². The Morgan fingerprint density at radius 2 is 1.77 bits per heavy atom. The summed E-state index contributed by atoms with van der Waals surface area (Å²) in [4.78, 5) is 25.9. The van der Waals surface area contributed by atoms with Crippen LogP contribution in [0.3, 0.4) is 0 Å². The Kier molecular flexibility index (Phi) is 6.92. The molecule has 1 N–H and O–H groups in total. The van der Waals surface area contributed by atoms with Crippen LogP contribution in [0.4, 0.5) is 5.69 Å². The second-order valence-electron chi connectivity index (χ2n) is 7.13. The molecule has 0 saturated carbocycles. The van der Waals surface area contributed by atoms with Crippen LogP contribution in [0.2, 0.25) is 0 Å². The molecule has 4 rings (SSSR count). The summed E-state index contributed by atoms with van der Waals surface area (Å²) in [5, 5.41) is 9.23. The number of hydrogen-bond donors (Lipinski definition) is 1. The van der Waals surface area contributed by atoms with E-state index >= 15 is 0 Å². The summed E-state index contributed by atoms with van der Waals surface area (Å²) in [6, 6.07) is 18.2. The Hall–Kier alpha value is -3.67. The van der Waals surface area contributed by atoms with Crippen molar-refractivity contribution >= 4 is 62.1 Å². The highest BCUT2D eigenvalue weighted by atomic mass is 32.2. The van der Waals surface area contributed by atoms with E-state index in [9.17, 15) is 23.1 Å². The lowest BCUT2D eigenvalue weighted by atomic mass is 10.1. The van der Waals surface area contributed by atoms with Crippen molar-refractivity contribution in [2.75, 3.05) is 12.0 Å². The first-order valence-electron chi connectivity index (χ1n) is 9.98. The number of carbonyl (C=O) groups excluding carboxylic acids is 1. The zero-order valence-electron chi connectivity index (χ0n) is 18.1. The van der Waals surface area contributed by atoms with Gasteiger partial charge in [-0.25, -0.2) is 4.79 Å². The van der Waals surface area contributed by atoms with Gasteiger partial charge in [0.25, 0.3) is 5.91 Å². The van der Waals surface area contributed by atoms with Crippen LogP contribution in [-0.4, -0.2) is 36.8 Å². The van der Waals surface area contributed by atoms with Crippen LogP contribution in [-0.2, 0) is 14.9 Å². The number of rotatable bonds is 7. The largest absolute Gasteiger partial charge is 0.493 e. The SMILES string of the molecule is COc1cc(/C=C2\SC(=S)N(c3cccc(C(=O)O)c3)C2=O)ccc1OS(=O)(=O)c1ccccc1. The first-order valence-corrected chi connectivity index (χ1v) is 12.6. The van der Waals surface area contributed by atoms with Gasteiger partial charge >= 0.3 is 16.1 Å². The molecule has 0 aromatic heterocycles. The number of methoxy groups -OCH3 is 1. The van der Waals surface area contributed by atoms with E-state index in [-0.39, 0.29) is 26.3 Å². The first kappa shape index (κ1) is 24.5. The predicted molar refractivity (Wildman–Crippen MR) is 136 cm³/mol. The highest BCUT2D eigenvalue weighted by Gasteiger charge is 2.33. The van der Waals surface area contributed by atoms with E-state index in [4.69, 9.17) is 21.1 Å². The van der Waals surface area contributed by atoms with E-state index in [0.717, 1.165) is 11.8 Å². The van der Waals surface area contributed by atoms with Crippen molar-refractivity contribution in [1.82, 2.24) is 0 Å². The molecule has 1 aliphatic heterocycles. The van der Waals surface area contributed by atoms with Crippen LogP contribution in [0.5, 0.6) is 11.5 Å². The zero-order chi connectivity index (χ0) is 25.2. The molecule has 1 amide bonds. The number of aromatic carboxylic acids is 1. The highest BCUT2D eigenvalue weighted by molar-refractivity contribution is 8.27. The Labute approximate surface area is 210 Å². The van der Waals surface area contributed by atoms with E-state index in [1.165, 1.54) is 54.5 Å². The Balaban J connectivity index is 1.60. The van der Waals surface area contributed by atoms with Crippen LogP contribution in [0.25, 0.3) is 6.08 Å². The van der Waals surface area contributed by atoms with E-state index in [1.54, 1.807) is 36.4 Å². The number of anilines is 1. The minimum Gasteiger partial charge on any atom is -0.493 e. The predicted octanol–water partition coefficient (Wildman–Crippen LogP) is 4.57. The lowest BCUT2D eigenvalue weighted by Crippen LogP contribution is -2.27. The third kappa shape index (κ3) is 5.21. The molecule has 3 aromatic carbocycles. The standard InChI is InChI=1S/C24H17NO7S3/c1-31-20-12-15(10-11-19(20)32-35(29,30)18-8-3-2-4-9-18)13-21-22(26)25(24(33)34-21)17-7-5-6-16(14-17)23(27)28/h2-14H,1H3,(H,27,28)/b21-13-. The number of hydrogen-bond acceptors (Lipinski definition) is 8. The maximum Gasteiger partial charge on any atom is 0.339 e. The fraction of sp³-hybridized carbons (Fsp3) is 0.0417. The summed E-state index contributed by atoms with van der Waals surface area (Å²) < 4.78 is 35.9. The van der Waals surface area contributed by atoms with Gasteiger partial charge in [-0.05, 0) is 54.1 Å². The molecule has 0 radical (unpaired) electrons. The second-order valence-corrected chi connectivity index (χ2v) is 10.4. The van der Waals surface area contributed by atoms with E-state index in [1.807, 2.05) is 0 Å². The van der Waals surface area contributed by atoms with Gasteiger partial charge in [0.15, 0.2) is 15.8 Å². The Morgan fingerprint density at radius 3 is 2.46 bits per heavy atom. The number of carboxylic acid groups (broad SMARTS) is 1. The number of carbonyl (C=O) groups is 2. The minimum absolute atomic E-state index is 0.00164. The maximum atomic E-state index is 13.0. The molecule has 0 bridgehead atoms. The smallest absolute Gasteiger partial charge is 0.339 e. The summed E-state index contributed by atoms with van der Waals surface area (Å²) in [5.41, 5.74) is 0.931. The number of thioether (sulfide) groups is 1. The van der Waals surface area contributed by atoms with Gasteiger partial charge < -0.3 is 14.0 Å². The number of amides is 1. The lowest BCUT2D eigenvalue weighted by Gasteiger charge is -2.14. The van der Waals surface area contributed by atoms with Gasteiger partial charge in [0.1, 0.15) is 4.90 Å². The molecule has 1 saturated heterocycles. The molecule has 0 atom stereocenters. The van der Waals surface area contributed by atoms with Crippen molar-refractivity contribution < 1.29 is 32.0 Å². The van der Waals surface area contributed by atoms with Crippen LogP contribution in [0.15, 0.2) is 82.6 Å². The van der Waals surface area contributed by atoms with Crippen molar-refractivity contribution in [3.05, 3.63) is 88.8 Å². The molecule has 1 aliphatic rings. The van der Waals surface area contributed by atoms with Gasteiger partial charge in [-0.2, -0.15) is 8.42 Å². The molecular formula is C24H17NO7S3. The van der Waals surface area contributed by atoms with Crippen molar-refractivity contribution in [3.8, 4) is 11.5 Å². The molecule has 3 aromatic rings. The van der Waals surface area contributed by atoms with E-state index < -0.39 is 22.0 Å². The third-order valence-corrected chi connectivity index (χ3v) is 7.41. The molecule has 11 heteroatoms. The minimum atomic E-state index is -4.06. The molecule has 0 spiro atoms. The average Bonchev–Trinajstić information content (AvgIpc) is 3.12. The molecule has 0 unspecified atom stereocenters. The fourth-order valence-electron chi connectivity index (χ4n) is 3.22. The first-order chi connectivity index (χ1) is 16.7. The van der Waals surface area contributed by atoms with Crippen LogP contribution in [0, 0.1) is 0 Å². The quantitative estimate of drug-likeness (QED) is 0.268. The van der Waals surface area contributed by atoms with Crippen molar-refractivity contribution in [1.29, 1.82) is 0 Å². The Bertz CT molecular complexity index is 1470. The van der Waals surface area contributed by atoms with Gasteiger partial charge in [-0.3, -0.25) is 9.69 Å². The number of benzene rings is 3. The number of nitrogens with zero attached hydrogens (tertiary/aromatic N) is 1. The molecule has 35 heavy (non-hydrogen) atoms. The molecule has 8 nitrogen and oxygen atoms in total. The molecular weight excluding hydrogens is 510 g/mol. The Morgan fingerprint density at radius 1 is 1.03 bits per heavy atom. The summed E-state index contributed by atoms with van der Waals surface area (Å²) in [7, 11) is -2.69. The van der Waals surface area contributed by atoms with E-state index in [0.29, 0.717) is 16.2 Å². The summed E-state index contributed by atoms with van der Waals surface area (Å²) in [5.74, 6) is -1.38. The molecule has 1 heterocycles. The van der Waals surface area contributed by atoms with E-state index in [2.05, 4.69) is 0 Å². The zero-order valence-corrected chi connectivity index (χ0v) is 20.5. The summed E-state index contributed by atoms with van der Waals surface area (Å²) >= 11 is 6.41. The molecule has 1 fully saturated rings. The summed E-state index contributed by atoms with van der Waals surface area (Å²) in [6.07, 6.45) is 1.58. The van der Waals surface area contributed by atoms with Gasteiger partial charge in [0.2, 0.25) is 0 Å². The van der Waals surface area contributed by atoms with Gasteiger partial charge in [0.05, 0.1) is 23.3 Å². The van der Waals surface area contributed by atoms with Gasteiger partial charge in [-0.1, -0.05) is 54.3 Å². The maximum absolute atomic E-state index is 13.0. The highest BCUT2D eigenvalue weighted by Crippen LogP contribution is 2.38. The monoisotopic (exact) mass is 527 g/mol. The van der Waals surface area contributed by atoms with Gasteiger partial charge in [-0.15, -0.1) is 0 Å². The topological polar surface area (TPSA) is 110 Å². The average molecular weight is 528 g/mol. The normalized spacial score (nSPS) is 14.9. The van der Waals surface area contributed by atoms with Gasteiger partial charge in [0, 0.05) is 0 Å². The molecule has 178 valence electrons. The van der Waals surface area contributed by atoms with Crippen LogP contribution in [0.1, 0.15) is 15.9 Å². The second kappa shape index (κ2) is 9.90. The van der Waals surface area contributed by atoms with Crippen molar-refractivity contribution in [2.24, 2.45) is 0 Å². The summed E-state index contributed by atoms with van der Waals surface area (Å²) in [6.45, 7) is 0. The lowest BCUT2D eigenvalue weighted by molar-refractivity contribution is -0.113. The number of thiocarbonyl (C=S) groups is 1. The third-order valence-electron chi connectivity index (χ3n) is 4.86.